The van der Waals surface area contributed by atoms with E-state index in [-0.39, 0.29) is 29.5 Å². The van der Waals surface area contributed by atoms with Gasteiger partial charge < -0.3 is 9.73 Å². The van der Waals surface area contributed by atoms with Crippen LogP contribution in [0.4, 0.5) is 0 Å². The minimum Gasteiger partial charge on any atom is -0.408 e. The maximum absolute atomic E-state index is 12.7. The summed E-state index contributed by atoms with van der Waals surface area (Å²) in [6.07, 6.45) is 0. The number of nitrogens with zero attached hydrogens (tertiary/aromatic N) is 2. The predicted molar refractivity (Wildman–Crippen MR) is 77.8 cm³/mol. The lowest BCUT2D eigenvalue weighted by Gasteiger charge is -2.31. The summed E-state index contributed by atoms with van der Waals surface area (Å²) < 4.78 is 32.9. The molecule has 118 valence electrons. The molecule has 1 N–H and O–H groups in total. The number of hydrogen-bond acceptors (Lipinski definition) is 5. The second-order valence-electron chi connectivity index (χ2n) is 5.14. The van der Waals surface area contributed by atoms with Crippen LogP contribution in [-0.4, -0.2) is 42.3 Å². The van der Waals surface area contributed by atoms with Crippen molar-refractivity contribution in [1.82, 2.24) is 14.2 Å². The number of fused-ring (bicyclic) bond motifs is 1. The van der Waals surface area contributed by atoms with Crippen molar-refractivity contribution in [3.8, 4) is 0 Å². The Kier molecular flexibility index (Phi) is 3.33. The zero-order valence-electron chi connectivity index (χ0n) is 12.1. The van der Waals surface area contributed by atoms with E-state index in [1.165, 1.54) is 29.7 Å². The van der Waals surface area contributed by atoms with Crippen molar-refractivity contribution in [1.29, 1.82) is 0 Å². The summed E-state index contributed by atoms with van der Waals surface area (Å²) >= 11 is 0. The number of benzene rings is 1. The third-order valence-corrected chi connectivity index (χ3v) is 5.78. The Labute approximate surface area is 126 Å². The number of oxazole rings is 1. The quantitative estimate of drug-likeness (QED) is 0.812. The van der Waals surface area contributed by atoms with Gasteiger partial charge >= 0.3 is 5.76 Å². The first kappa shape index (κ1) is 14.8. The number of sulfonamides is 1. The summed E-state index contributed by atoms with van der Waals surface area (Å²) in [6, 6.07) is 3.45. The Morgan fingerprint density at radius 3 is 2.77 bits per heavy atom. The van der Waals surface area contributed by atoms with E-state index < -0.39 is 21.8 Å². The molecule has 1 aromatic carbocycles. The largest absolute Gasteiger partial charge is 0.419 e. The Morgan fingerprint density at radius 2 is 2.05 bits per heavy atom. The molecule has 0 bridgehead atoms. The van der Waals surface area contributed by atoms with Gasteiger partial charge in [-0.3, -0.25) is 9.36 Å². The molecule has 22 heavy (non-hydrogen) atoms. The summed E-state index contributed by atoms with van der Waals surface area (Å²) in [7, 11) is -2.30. The molecule has 2 heterocycles. The van der Waals surface area contributed by atoms with Crippen LogP contribution < -0.4 is 11.1 Å². The van der Waals surface area contributed by atoms with E-state index in [1.54, 1.807) is 7.05 Å². The number of carbonyl (C=O) groups is 1. The van der Waals surface area contributed by atoms with Crippen LogP contribution in [0.1, 0.15) is 6.92 Å². The first-order valence-corrected chi connectivity index (χ1v) is 8.15. The van der Waals surface area contributed by atoms with E-state index in [0.29, 0.717) is 5.52 Å². The lowest BCUT2D eigenvalue weighted by atomic mass is 10.2. The standard InChI is InChI=1S/C13H15N3O5S/c1-8-12(17)14-5-6-16(8)22(19,20)9-3-4-10-11(7-9)21-13(18)15(10)2/h3-4,7-8H,5-6H2,1-2H3,(H,14,17). The predicted octanol–water partition coefficient (Wildman–Crippen LogP) is -0.359. The van der Waals surface area contributed by atoms with Crippen LogP contribution in [0, 0.1) is 0 Å². The molecule has 1 unspecified atom stereocenters. The maximum atomic E-state index is 12.7. The summed E-state index contributed by atoms with van der Waals surface area (Å²) in [6.45, 7) is 2.00. The summed E-state index contributed by atoms with van der Waals surface area (Å²) in [5.74, 6) is -0.891. The average Bonchev–Trinajstić information content (AvgIpc) is 2.76. The number of nitrogens with one attached hydrogen (secondary N) is 1. The number of aromatic nitrogens is 1. The second kappa shape index (κ2) is 4.96. The van der Waals surface area contributed by atoms with Gasteiger partial charge in [0.1, 0.15) is 6.04 Å². The van der Waals surface area contributed by atoms with Gasteiger partial charge in [0.25, 0.3) is 0 Å². The van der Waals surface area contributed by atoms with E-state index in [0.717, 1.165) is 4.31 Å². The Balaban J connectivity index is 2.09. The van der Waals surface area contributed by atoms with Gasteiger partial charge in [0.15, 0.2) is 5.58 Å². The maximum Gasteiger partial charge on any atom is 0.419 e. The highest BCUT2D eigenvalue weighted by molar-refractivity contribution is 7.89. The van der Waals surface area contributed by atoms with Gasteiger partial charge in [-0.15, -0.1) is 0 Å². The van der Waals surface area contributed by atoms with Gasteiger partial charge in [0.05, 0.1) is 10.4 Å². The van der Waals surface area contributed by atoms with E-state index in [4.69, 9.17) is 4.42 Å². The molecule has 1 aliphatic rings. The molecule has 0 spiro atoms. The lowest BCUT2D eigenvalue weighted by Crippen LogP contribution is -2.55. The molecular weight excluding hydrogens is 310 g/mol. The van der Waals surface area contributed by atoms with Crippen LogP contribution >= 0.6 is 0 Å². The van der Waals surface area contributed by atoms with Crippen LogP contribution in [0.2, 0.25) is 0 Å². The highest BCUT2D eigenvalue weighted by atomic mass is 32.2. The number of amides is 1. The van der Waals surface area contributed by atoms with E-state index in [9.17, 15) is 18.0 Å². The molecule has 1 saturated heterocycles. The van der Waals surface area contributed by atoms with Crippen LogP contribution in [0.5, 0.6) is 0 Å². The SMILES string of the molecule is CC1C(=O)NCCN1S(=O)(=O)c1ccc2c(c1)oc(=O)n2C. The minimum absolute atomic E-state index is 0.00380. The van der Waals surface area contributed by atoms with E-state index in [1.807, 2.05) is 0 Å². The minimum atomic E-state index is -3.84. The third kappa shape index (κ3) is 2.13. The fraction of sp³-hybridized carbons (Fsp3) is 0.385. The van der Waals surface area contributed by atoms with Crippen LogP contribution in [-0.2, 0) is 21.9 Å². The summed E-state index contributed by atoms with van der Waals surface area (Å²) in [5, 5.41) is 2.62. The van der Waals surface area contributed by atoms with Gasteiger partial charge in [0.2, 0.25) is 15.9 Å². The normalized spacial score (nSPS) is 20.3. The molecule has 1 aromatic heterocycles. The summed E-state index contributed by atoms with van der Waals surface area (Å²) in [5.41, 5.74) is 0.705. The van der Waals surface area contributed by atoms with Crippen molar-refractivity contribution in [3.63, 3.8) is 0 Å². The van der Waals surface area contributed by atoms with Crippen LogP contribution in [0.3, 0.4) is 0 Å². The molecule has 0 radical (unpaired) electrons. The van der Waals surface area contributed by atoms with Gasteiger partial charge in [-0.25, -0.2) is 13.2 Å². The summed E-state index contributed by atoms with van der Waals surface area (Å²) in [4.78, 5) is 23.1. The molecule has 9 heteroatoms. The topological polar surface area (TPSA) is 102 Å². The van der Waals surface area contributed by atoms with Crippen molar-refractivity contribution in [3.05, 3.63) is 28.7 Å². The molecule has 3 rings (SSSR count). The fourth-order valence-electron chi connectivity index (χ4n) is 2.50. The Bertz CT molecular complexity index is 911. The van der Waals surface area contributed by atoms with Gasteiger partial charge in [-0.05, 0) is 19.1 Å². The number of carbonyl (C=O) groups excluding carboxylic acids is 1. The average molecular weight is 325 g/mol. The van der Waals surface area contributed by atoms with Crippen molar-refractivity contribution in [2.24, 2.45) is 7.05 Å². The Morgan fingerprint density at radius 1 is 1.32 bits per heavy atom. The molecule has 1 amide bonds. The molecule has 2 aromatic rings. The first-order chi connectivity index (χ1) is 10.3. The zero-order chi connectivity index (χ0) is 16.1. The van der Waals surface area contributed by atoms with Crippen molar-refractivity contribution >= 4 is 27.0 Å². The highest BCUT2D eigenvalue weighted by Crippen LogP contribution is 2.23. The molecule has 1 aliphatic heterocycles. The highest BCUT2D eigenvalue weighted by Gasteiger charge is 2.35. The lowest BCUT2D eigenvalue weighted by molar-refractivity contribution is -0.126. The number of hydrogen-bond donors (Lipinski definition) is 1. The van der Waals surface area contributed by atoms with E-state index >= 15 is 0 Å². The molecule has 1 atom stereocenters. The third-order valence-electron chi connectivity index (χ3n) is 3.81. The van der Waals surface area contributed by atoms with Crippen molar-refractivity contribution in [2.45, 2.75) is 17.9 Å². The van der Waals surface area contributed by atoms with Gasteiger partial charge in [0, 0.05) is 26.2 Å². The molecule has 8 nitrogen and oxygen atoms in total. The molecule has 0 aliphatic carbocycles. The van der Waals surface area contributed by atoms with Crippen molar-refractivity contribution < 1.29 is 17.6 Å². The number of aryl methyl sites for hydroxylation is 1. The monoisotopic (exact) mass is 325 g/mol. The first-order valence-electron chi connectivity index (χ1n) is 6.71. The van der Waals surface area contributed by atoms with Gasteiger partial charge in [-0.1, -0.05) is 0 Å². The van der Waals surface area contributed by atoms with Crippen LogP contribution in [0.15, 0.2) is 32.3 Å². The van der Waals surface area contributed by atoms with Crippen LogP contribution in [0.25, 0.3) is 11.1 Å². The second-order valence-corrected chi connectivity index (χ2v) is 7.03. The number of rotatable bonds is 2. The molecular formula is C13H15N3O5S. The number of piperazine rings is 1. The van der Waals surface area contributed by atoms with Gasteiger partial charge in [-0.2, -0.15) is 4.31 Å². The smallest absolute Gasteiger partial charge is 0.408 e. The van der Waals surface area contributed by atoms with E-state index in [2.05, 4.69) is 5.32 Å². The molecule has 1 fully saturated rings. The zero-order valence-corrected chi connectivity index (χ0v) is 12.9. The Hall–Kier alpha value is -2.13. The fourth-order valence-corrected chi connectivity index (χ4v) is 4.11. The van der Waals surface area contributed by atoms with Crippen molar-refractivity contribution in [2.75, 3.05) is 13.1 Å². The molecule has 0 saturated carbocycles.